The molecule has 0 aromatic carbocycles. The molecule has 0 aliphatic carbocycles. The summed E-state index contributed by atoms with van der Waals surface area (Å²) in [5.41, 5.74) is 2.61. The van der Waals surface area contributed by atoms with Crippen LogP contribution in [0.2, 0.25) is 0 Å². The van der Waals surface area contributed by atoms with E-state index in [1.165, 1.54) is 25.7 Å². The molecular weight excluding hydrogens is 268 g/mol. The fourth-order valence-corrected chi connectivity index (χ4v) is 1.95. The van der Waals surface area contributed by atoms with Crippen LogP contribution in [-0.2, 0) is 0 Å². The summed E-state index contributed by atoms with van der Waals surface area (Å²) in [5, 5.41) is 3.25. The summed E-state index contributed by atoms with van der Waals surface area (Å²) in [4.78, 5) is 12.4. The van der Waals surface area contributed by atoms with E-state index in [-0.39, 0.29) is 11.4 Å². The van der Waals surface area contributed by atoms with E-state index in [1.54, 1.807) is 0 Å². The number of nitrogens with two attached hydrogens (primary N) is 1. The Hall–Kier alpha value is -1.63. The lowest BCUT2D eigenvalue weighted by molar-refractivity contribution is 0.311. The summed E-state index contributed by atoms with van der Waals surface area (Å²) in [7, 11) is 0. The molecule has 1 heterocycles. The first-order valence-electron chi connectivity index (χ1n) is 7.60. The van der Waals surface area contributed by atoms with Gasteiger partial charge in [-0.2, -0.15) is 15.0 Å². The molecule has 0 aliphatic rings. The second-order valence-corrected chi connectivity index (χ2v) is 5.82. The number of aromatic nitrogens is 3. The van der Waals surface area contributed by atoms with Crippen LogP contribution in [0.3, 0.4) is 0 Å². The number of nitrogen functional groups attached to an aromatic ring is 1. The van der Waals surface area contributed by atoms with Gasteiger partial charge in [0.1, 0.15) is 0 Å². The van der Waals surface area contributed by atoms with Crippen molar-refractivity contribution < 1.29 is 4.74 Å². The maximum atomic E-state index is 5.36. The van der Waals surface area contributed by atoms with E-state index in [2.05, 4.69) is 46.5 Å². The largest absolute Gasteiger partial charge is 0.464 e. The first kappa shape index (κ1) is 17.4. The number of hydrazine groups is 1. The van der Waals surface area contributed by atoms with E-state index in [9.17, 15) is 0 Å². The minimum Gasteiger partial charge on any atom is -0.464 e. The Labute approximate surface area is 127 Å². The van der Waals surface area contributed by atoms with Gasteiger partial charge in [0.25, 0.3) is 0 Å². The quantitative estimate of drug-likeness (QED) is 0.347. The Morgan fingerprint density at radius 1 is 1.10 bits per heavy atom. The topological polar surface area (TPSA) is 98.0 Å². The lowest BCUT2D eigenvalue weighted by Crippen LogP contribution is -2.24. The molecule has 1 rings (SSSR count). The van der Waals surface area contributed by atoms with Crippen LogP contribution in [0.25, 0.3) is 0 Å². The smallest absolute Gasteiger partial charge is 0.323 e. The van der Waals surface area contributed by atoms with Crippen molar-refractivity contribution in [3.05, 3.63) is 0 Å². The molecule has 0 spiro atoms. The van der Waals surface area contributed by atoms with Crippen molar-refractivity contribution in [2.24, 2.45) is 11.3 Å². The van der Waals surface area contributed by atoms with Gasteiger partial charge in [0.2, 0.25) is 11.9 Å². The minimum atomic E-state index is 0.184. The zero-order chi connectivity index (χ0) is 15.7. The fraction of sp³-hybridized carbons (Fsp3) is 0.786. The van der Waals surface area contributed by atoms with E-state index in [4.69, 9.17) is 10.6 Å². The van der Waals surface area contributed by atoms with Crippen LogP contribution in [0, 0.1) is 5.41 Å². The Morgan fingerprint density at radius 2 is 1.81 bits per heavy atom. The normalized spacial score (nSPS) is 11.3. The maximum Gasteiger partial charge on any atom is 0.323 e. The molecule has 1 aromatic heterocycles. The molecular formula is C14H28N6O. The van der Waals surface area contributed by atoms with Crippen molar-refractivity contribution in [2.45, 2.75) is 53.4 Å². The number of hydrogen-bond donors (Lipinski definition) is 3. The molecule has 4 N–H and O–H groups in total. The zero-order valence-corrected chi connectivity index (χ0v) is 13.6. The van der Waals surface area contributed by atoms with Gasteiger partial charge in [0, 0.05) is 6.54 Å². The Kier molecular flexibility index (Phi) is 7.14. The van der Waals surface area contributed by atoms with Gasteiger partial charge in [-0.15, -0.1) is 0 Å². The number of nitrogens with zero attached hydrogens (tertiary/aromatic N) is 3. The zero-order valence-electron chi connectivity index (χ0n) is 13.6. The van der Waals surface area contributed by atoms with E-state index in [0.717, 1.165) is 6.54 Å². The van der Waals surface area contributed by atoms with Gasteiger partial charge in [-0.05, 0) is 18.8 Å². The number of unbranched alkanes of at least 4 members (excludes halogenated alkanes) is 2. The lowest BCUT2D eigenvalue weighted by atomic mass is 9.87. The Bertz CT molecular complexity index is 424. The molecule has 1 aromatic rings. The molecule has 0 aliphatic heterocycles. The van der Waals surface area contributed by atoms with Gasteiger partial charge in [-0.1, -0.05) is 40.0 Å². The van der Waals surface area contributed by atoms with E-state index < -0.39 is 0 Å². The summed E-state index contributed by atoms with van der Waals surface area (Å²) in [5.74, 6) is 6.13. The maximum absolute atomic E-state index is 5.36. The number of anilines is 2. The number of hydrogen-bond acceptors (Lipinski definition) is 7. The highest BCUT2D eigenvalue weighted by molar-refractivity contribution is 5.35. The molecule has 0 amide bonds. The minimum absolute atomic E-state index is 0.184. The third kappa shape index (κ3) is 6.57. The molecule has 0 atom stereocenters. The molecule has 0 radical (unpaired) electrons. The van der Waals surface area contributed by atoms with Crippen molar-refractivity contribution in [1.82, 2.24) is 15.0 Å². The lowest BCUT2D eigenvalue weighted by Gasteiger charge is -2.25. The SMILES string of the molecule is CCCCCC(C)(C)CNc1nc(NN)nc(OCC)n1. The second-order valence-electron chi connectivity index (χ2n) is 5.82. The van der Waals surface area contributed by atoms with E-state index >= 15 is 0 Å². The van der Waals surface area contributed by atoms with Crippen LogP contribution < -0.4 is 21.3 Å². The van der Waals surface area contributed by atoms with Crippen molar-refractivity contribution in [1.29, 1.82) is 0 Å². The summed E-state index contributed by atoms with van der Waals surface area (Å²) in [6.45, 7) is 9.85. The average Bonchev–Trinajstić information content (AvgIpc) is 2.45. The molecule has 7 nitrogen and oxygen atoms in total. The molecule has 0 saturated carbocycles. The molecule has 0 unspecified atom stereocenters. The molecule has 120 valence electrons. The molecule has 0 fully saturated rings. The van der Waals surface area contributed by atoms with Gasteiger partial charge in [-0.3, -0.25) is 5.43 Å². The summed E-state index contributed by atoms with van der Waals surface area (Å²) < 4.78 is 5.30. The summed E-state index contributed by atoms with van der Waals surface area (Å²) in [6.07, 6.45) is 4.91. The molecule has 0 bridgehead atoms. The van der Waals surface area contributed by atoms with Gasteiger partial charge in [-0.25, -0.2) is 5.84 Å². The first-order chi connectivity index (χ1) is 10.0. The van der Waals surface area contributed by atoms with Crippen molar-refractivity contribution in [2.75, 3.05) is 23.9 Å². The van der Waals surface area contributed by atoms with Crippen LogP contribution in [0.15, 0.2) is 0 Å². The van der Waals surface area contributed by atoms with Crippen molar-refractivity contribution in [3.63, 3.8) is 0 Å². The number of nitrogens with one attached hydrogen (secondary N) is 2. The van der Waals surface area contributed by atoms with Gasteiger partial charge in [0.15, 0.2) is 0 Å². The highest BCUT2D eigenvalue weighted by Crippen LogP contribution is 2.24. The van der Waals surface area contributed by atoms with Gasteiger partial charge >= 0.3 is 6.01 Å². The fourth-order valence-electron chi connectivity index (χ4n) is 1.95. The molecule has 0 saturated heterocycles. The number of ether oxygens (including phenoxy) is 1. The molecule has 7 heteroatoms. The van der Waals surface area contributed by atoms with E-state index in [1.807, 2.05) is 6.92 Å². The predicted molar refractivity (Wildman–Crippen MR) is 85.2 cm³/mol. The third-order valence-electron chi connectivity index (χ3n) is 3.20. The Balaban J connectivity index is 2.62. The van der Waals surface area contributed by atoms with Crippen LogP contribution >= 0.6 is 0 Å². The van der Waals surface area contributed by atoms with Crippen LogP contribution in [0.4, 0.5) is 11.9 Å². The van der Waals surface area contributed by atoms with Crippen LogP contribution in [0.5, 0.6) is 6.01 Å². The first-order valence-corrected chi connectivity index (χ1v) is 7.60. The highest BCUT2D eigenvalue weighted by Gasteiger charge is 2.18. The van der Waals surface area contributed by atoms with Crippen LogP contribution in [-0.4, -0.2) is 28.1 Å². The van der Waals surface area contributed by atoms with Gasteiger partial charge < -0.3 is 10.1 Å². The Morgan fingerprint density at radius 3 is 2.43 bits per heavy atom. The standard InChI is InChI=1S/C14H28N6O/c1-5-7-8-9-14(3,4)10-16-11-17-12(20-15)19-13(18-11)21-6-2/h5-10,15H2,1-4H3,(H2,16,17,18,19,20). The van der Waals surface area contributed by atoms with Crippen molar-refractivity contribution >= 4 is 11.9 Å². The van der Waals surface area contributed by atoms with Gasteiger partial charge in [0.05, 0.1) is 6.61 Å². The highest BCUT2D eigenvalue weighted by atomic mass is 16.5. The monoisotopic (exact) mass is 296 g/mol. The second kappa shape index (κ2) is 8.61. The van der Waals surface area contributed by atoms with Crippen molar-refractivity contribution in [3.8, 4) is 6.01 Å². The molecule has 21 heavy (non-hydrogen) atoms. The third-order valence-corrected chi connectivity index (χ3v) is 3.20. The summed E-state index contributed by atoms with van der Waals surface area (Å²) >= 11 is 0. The summed E-state index contributed by atoms with van der Waals surface area (Å²) in [6, 6.07) is 0.270. The average molecular weight is 296 g/mol. The number of rotatable bonds is 10. The van der Waals surface area contributed by atoms with E-state index in [0.29, 0.717) is 18.5 Å². The predicted octanol–water partition coefficient (Wildman–Crippen LogP) is 2.57. The van der Waals surface area contributed by atoms with Crippen LogP contribution in [0.1, 0.15) is 53.4 Å².